The van der Waals surface area contributed by atoms with Crippen LogP contribution in [0, 0.1) is 19.8 Å². The van der Waals surface area contributed by atoms with Crippen molar-refractivity contribution in [3.63, 3.8) is 0 Å². The lowest BCUT2D eigenvalue weighted by Crippen LogP contribution is -2.60. The summed E-state index contributed by atoms with van der Waals surface area (Å²) < 4.78 is 3.67. The first-order chi connectivity index (χ1) is 29.4. The molecular weight excluding hydrogens is 889 g/mol. The number of quaternary nitrogens is 1. The first-order valence-electron chi connectivity index (χ1n) is 20.2. The molecule has 3 heterocycles. The molecule has 2 atom stereocenters. The van der Waals surface area contributed by atoms with Crippen LogP contribution in [0.3, 0.4) is 0 Å². The molecule has 0 amide bonds. The summed E-state index contributed by atoms with van der Waals surface area (Å²) in [5, 5.41) is 24.9. The molecule has 8 nitrogen and oxygen atoms in total. The minimum Gasteiger partial charge on any atom is -0.231 e. The van der Waals surface area contributed by atoms with Crippen LogP contribution in [0.15, 0.2) is 126 Å². The summed E-state index contributed by atoms with van der Waals surface area (Å²) in [5.41, 5.74) is 11.6. The molecule has 0 spiro atoms. The molecule has 2 aromatic heterocycles. The van der Waals surface area contributed by atoms with E-state index in [1.165, 1.54) is 0 Å². The predicted octanol–water partition coefficient (Wildman–Crippen LogP) is 14.8. The SMILES string of the molecule is Cc1c(C2(CC3CCCC3)N=N[N+](CCc3ccccc3)(c3nn(-c4ccc(Cl)cc4Cl)c(-c4ccc(Cl)cc4)c3C)N2)nn(-c2ccc(Cl)cc2Cl)c1-c1ccc(Cl)cc1. The van der Waals surface area contributed by atoms with Crippen LogP contribution in [0.25, 0.3) is 33.9 Å². The third-order valence-electron chi connectivity index (χ3n) is 11.8. The van der Waals surface area contributed by atoms with Gasteiger partial charge in [0.2, 0.25) is 5.66 Å². The normalized spacial score (nSPS) is 19.0. The summed E-state index contributed by atoms with van der Waals surface area (Å²) in [7, 11) is 0. The number of aromatic nitrogens is 4. The van der Waals surface area contributed by atoms with E-state index in [4.69, 9.17) is 90.1 Å². The lowest BCUT2D eigenvalue weighted by atomic mass is 9.89. The van der Waals surface area contributed by atoms with Gasteiger partial charge in [-0.15, -0.1) is 10.2 Å². The molecule has 0 radical (unpaired) electrons. The van der Waals surface area contributed by atoms with Gasteiger partial charge in [-0.3, -0.25) is 0 Å². The van der Waals surface area contributed by atoms with Crippen LogP contribution in [0.4, 0.5) is 5.82 Å². The predicted molar refractivity (Wildman–Crippen MR) is 251 cm³/mol. The fraction of sp³-hybridized carbons (Fsp3) is 0.234. The number of benzene rings is 5. The lowest BCUT2D eigenvalue weighted by Gasteiger charge is -2.31. The van der Waals surface area contributed by atoms with Gasteiger partial charge in [-0.25, -0.2) is 9.36 Å². The van der Waals surface area contributed by atoms with Crippen LogP contribution in [0.1, 0.15) is 54.5 Å². The first-order valence-corrected chi connectivity index (χ1v) is 22.5. The number of hydrogen-bond donors (Lipinski definition) is 1. The first kappa shape index (κ1) is 42.1. The highest BCUT2D eigenvalue weighted by atomic mass is 35.5. The Balaban J connectivity index is 1.27. The molecular formula is C47H41Cl6N8+. The quantitative estimate of drug-likeness (QED) is 0.131. The molecule has 1 aliphatic heterocycles. The molecule has 1 saturated carbocycles. The Labute approximate surface area is 385 Å². The van der Waals surface area contributed by atoms with Gasteiger partial charge in [0.1, 0.15) is 12.2 Å². The van der Waals surface area contributed by atoms with Gasteiger partial charge in [-0.05, 0) is 86.0 Å². The van der Waals surface area contributed by atoms with E-state index in [2.05, 4.69) is 43.5 Å². The molecule has 2 unspecified atom stereocenters. The Morgan fingerprint density at radius 3 is 1.72 bits per heavy atom. The molecule has 1 aliphatic carbocycles. The number of nitrogens with one attached hydrogen (secondary N) is 1. The van der Waals surface area contributed by atoms with Crippen LogP contribution in [-0.4, -0.2) is 26.1 Å². The van der Waals surface area contributed by atoms with Crippen molar-refractivity contribution in [2.75, 3.05) is 6.54 Å². The number of halogens is 6. The third kappa shape index (κ3) is 8.14. The van der Waals surface area contributed by atoms with Gasteiger partial charge in [-0.2, -0.15) is 5.10 Å². The highest BCUT2D eigenvalue weighted by Crippen LogP contribution is 2.48. The van der Waals surface area contributed by atoms with Gasteiger partial charge in [0.25, 0.3) is 5.82 Å². The molecule has 5 aromatic carbocycles. The van der Waals surface area contributed by atoms with Crippen molar-refractivity contribution < 1.29 is 0 Å². The molecule has 0 saturated heterocycles. The van der Waals surface area contributed by atoms with Crippen LogP contribution in [0.2, 0.25) is 30.1 Å². The van der Waals surface area contributed by atoms with Gasteiger partial charge >= 0.3 is 0 Å². The number of hydrogen-bond acceptors (Lipinski definition) is 5. The Morgan fingerprint density at radius 1 is 0.639 bits per heavy atom. The van der Waals surface area contributed by atoms with Crippen molar-refractivity contribution in [2.45, 2.75) is 58.0 Å². The average Bonchev–Trinajstić information content (AvgIpc) is 4.05. The van der Waals surface area contributed by atoms with Crippen LogP contribution in [0.5, 0.6) is 0 Å². The summed E-state index contributed by atoms with van der Waals surface area (Å²) in [6.07, 6.45) is 5.82. The van der Waals surface area contributed by atoms with Crippen molar-refractivity contribution in [3.8, 4) is 33.9 Å². The molecule has 0 bridgehead atoms. The zero-order chi connectivity index (χ0) is 42.5. The minimum atomic E-state index is -1.07. The standard InChI is InChI=1S/C47H41Cl6N8/c1-29-43(33-12-16-35(48)17-13-33)59(41-22-20-37(50)26-39(41)52)54-45(29)47(28-32-10-6-7-11-32)56-58-61(57-47,25-24-31-8-4-3-5-9-31)46-30(2)44(34-14-18-36(49)19-15-34)60(55-46)42-23-21-38(51)27-40(42)53/h3-5,8-9,12-23,26-27,32,57H,6-7,10-11,24-25,28H2,1-2H3/q+1. The molecule has 7 aromatic rings. The van der Waals surface area contributed by atoms with E-state index in [1.807, 2.05) is 88.2 Å². The summed E-state index contributed by atoms with van der Waals surface area (Å²) >= 11 is 39.7. The summed E-state index contributed by atoms with van der Waals surface area (Å²) in [5.74, 6) is 1.04. The van der Waals surface area contributed by atoms with Crippen molar-refractivity contribution in [2.24, 2.45) is 16.3 Å². The van der Waals surface area contributed by atoms with Gasteiger partial charge in [-0.1, -0.05) is 160 Å². The Kier molecular flexibility index (Phi) is 11.8. The van der Waals surface area contributed by atoms with E-state index >= 15 is 0 Å². The van der Waals surface area contributed by atoms with Gasteiger partial charge in [0.05, 0.1) is 43.6 Å². The second-order valence-electron chi connectivity index (χ2n) is 15.9. The highest BCUT2D eigenvalue weighted by Gasteiger charge is 2.56. The zero-order valence-corrected chi connectivity index (χ0v) is 37.9. The van der Waals surface area contributed by atoms with Gasteiger partial charge in [0.15, 0.2) is 0 Å². The van der Waals surface area contributed by atoms with Crippen molar-refractivity contribution in [1.29, 1.82) is 0 Å². The summed E-state index contributed by atoms with van der Waals surface area (Å²) in [6, 6.07) is 36.8. The third-order valence-corrected chi connectivity index (χ3v) is 13.4. The maximum Gasteiger partial charge on any atom is 0.298 e. The van der Waals surface area contributed by atoms with E-state index < -0.39 is 5.66 Å². The monoisotopic (exact) mass is 927 g/mol. The maximum absolute atomic E-state index is 6.97. The van der Waals surface area contributed by atoms with E-state index in [0.717, 1.165) is 70.6 Å². The maximum atomic E-state index is 6.97. The average molecular weight is 931 g/mol. The highest BCUT2D eigenvalue weighted by molar-refractivity contribution is 6.36. The lowest BCUT2D eigenvalue weighted by molar-refractivity contribution is 0.140. The Morgan fingerprint density at radius 2 is 1.16 bits per heavy atom. The second-order valence-corrected chi connectivity index (χ2v) is 18.5. The Bertz CT molecular complexity index is 2760. The smallest absolute Gasteiger partial charge is 0.231 e. The molecule has 2 aliphatic rings. The van der Waals surface area contributed by atoms with Crippen LogP contribution in [-0.2, 0) is 12.1 Å². The number of nitrogens with zero attached hydrogens (tertiary/aromatic N) is 7. The molecule has 14 heteroatoms. The van der Waals surface area contributed by atoms with Crippen molar-refractivity contribution in [3.05, 3.63) is 168 Å². The largest absolute Gasteiger partial charge is 0.298 e. The van der Waals surface area contributed by atoms with Crippen LogP contribution >= 0.6 is 69.6 Å². The summed E-state index contributed by atoms with van der Waals surface area (Å²) in [4.78, 5) is 0. The molecule has 9 rings (SSSR count). The molecule has 310 valence electrons. The van der Waals surface area contributed by atoms with Gasteiger partial charge in [0, 0.05) is 49.6 Å². The second kappa shape index (κ2) is 17.2. The topological polar surface area (TPSA) is 72.4 Å². The molecule has 1 fully saturated rings. The van der Waals surface area contributed by atoms with E-state index in [0.29, 0.717) is 72.6 Å². The minimum absolute atomic E-state index is 0.115. The summed E-state index contributed by atoms with van der Waals surface area (Å²) in [6.45, 7) is 4.65. The zero-order valence-electron chi connectivity index (χ0n) is 33.4. The fourth-order valence-electron chi connectivity index (χ4n) is 8.93. The van der Waals surface area contributed by atoms with Crippen LogP contribution < -0.4 is 10.1 Å². The van der Waals surface area contributed by atoms with E-state index in [1.54, 1.807) is 12.1 Å². The Hall–Kier alpha value is -4.22. The van der Waals surface area contributed by atoms with E-state index in [-0.39, 0.29) is 4.70 Å². The van der Waals surface area contributed by atoms with E-state index in [9.17, 15) is 0 Å². The van der Waals surface area contributed by atoms with Gasteiger partial charge < -0.3 is 0 Å². The molecule has 1 N–H and O–H groups in total. The number of rotatable bonds is 11. The van der Waals surface area contributed by atoms with Crippen molar-refractivity contribution in [1.82, 2.24) is 29.7 Å². The molecule has 61 heavy (non-hydrogen) atoms. The van der Waals surface area contributed by atoms with Crippen molar-refractivity contribution >= 4 is 75.4 Å². The fourth-order valence-corrected chi connectivity index (χ4v) is 10.2.